The number of carbonyl (C=O) groups is 1. The highest BCUT2D eigenvalue weighted by molar-refractivity contribution is 9.09. The molecule has 0 N–H and O–H groups in total. The molecule has 0 spiro atoms. The summed E-state index contributed by atoms with van der Waals surface area (Å²) < 4.78 is 5.43. The first-order valence-corrected chi connectivity index (χ1v) is 7.43. The highest BCUT2D eigenvalue weighted by atomic mass is 79.9. The van der Waals surface area contributed by atoms with Gasteiger partial charge in [0.25, 0.3) is 0 Å². The molecule has 0 aliphatic rings. The predicted molar refractivity (Wildman–Crippen MR) is 71.9 cm³/mol. The van der Waals surface area contributed by atoms with E-state index in [0.717, 1.165) is 16.2 Å². The zero-order chi connectivity index (χ0) is 12.0. The number of Topliss-reactive ketones (excluding diaryl/α,β-unsaturated/α-hetero) is 1. The average molecular weight is 303 g/mol. The number of ketones is 1. The maximum absolute atomic E-state index is 11.4. The molecular weight excluding hydrogens is 288 g/mol. The molecule has 1 aromatic rings. The smallest absolute Gasteiger partial charge is 0.147 e. The third kappa shape index (κ3) is 3.83. The van der Waals surface area contributed by atoms with Gasteiger partial charge >= 0.3 is 0 Å². The van der Waals surface area contributed by atoms with Crippen LogP contribution in [0.2, 0.25) is 0 Å². The van der Waals surface area contributed by atoms with Crippen molar-refractivity contribution in [1.82, 2.24) is 0 Å². The molecule has 0 unspecified atom stereocenters. The Bertz CT molecular complexity index is 366. The van der Waals surface area contributed by atoms with Crippen LogP contribution in [0.5, 0.6) is 5.75 Å². The first kappa shape index (κ1) is 13.6. The first-order valence-electron chi connectivity index (χ1n) is 5.08. The maximum Gasteiger partial charge on any atom is 0.147 e. The molecule has 0 saturated carbocycles. The minimum atomic E-state index is 0.184. The molecule has 0 saturated heterocycles. The summed E-state index contributed by atoms with van der Waals surface area (Å²) in [6.07, 6.45) is 2.47. The zero-order valence-corrected chi connectivity index (χ0v) is 11.9. The maximum atomic E-state index is 11.4. The SMILES string of the molecule is CCOc1ccc(SC)c(CC(=O)CBr)c1. The number of halogens is 1. The Hall–Kier alpha value is -0.480. The lowest BCUT2D eigenvalue weighted by atomic mass is 10.1. The Morgan fingerprint density at radius 2 is 2.25 bits per heavy atom. The van der Waals surface area contributed by atoms with E-state index in [1.165, 1.54) is 0 Å². The number of thioether (sulfide) groups is 1. The molecule has 0 aliphatic heterocycles. The van der Waals surface area contributed by atoms with Crippen molar-refractivity contribution in [2.45, 2.75) is 18.2 Å². The third-order valence-electron chi connectivity index (χ3n) is 2.10. The summed E-state index contributed by atoms with van der Waals surface area (Å²) in [5, 5.41) is 0.402. The van der Waals surface area contributed by atoms with Crippen molar-refractivity contribution in [3.63, 3.8) is 0 Å². The van der Waals surface area contributed by atoms with E-state index in [1.807, 2.05) is 31.4 Å². The second kappa shape index (κ2) is 6.97. The summed E-state index contributed by atoms with van der Waals surface area (Å²) in [6.45, 7) is 2.59. The van der Waals surface area contributed by atoms with Gasteiger partial charge in [0, 0.05) is 11.3 Å². The van der Waals surface area contributed by atoms with E-state index in [9.17, 15) is 4.79 Å². The van der Waals surface area contributed by atoms with E-state index in [4.69, 9.17) is 4.74 Å². The van der Waals surface area contributed by atoms with E-state index < -0.39 is 0 Å². The van der Waals surface area contributed by atoms with E-state index in [-0.39, 0.29) is 5.78 Å². The van der Waals surface area contributed by atoms with Crippen LogP contribution in [0.3, 0.4) is 0 Å². The zero-order valence-electron chi connectivity index (χ0n) is 9.46. The molecule has 0 amide bonds. The third-order valence-corrected chi connectivity index (χ3v) is 3.56. The van der Waals surface area contributed by atoms with Gasteiger partial charge in [0.1, 0.15) is 11.5 Å². The first-order chi connectivity index (χ1) is 7.71. The van der Waals surface area contributed by atoms with Gasteiger partial charge in [-0.05, 0) is 36.9 Å². The summed E-state index contributed by atoms with van der Waals surface area (Å²) in [5.74, 6) is 1.02. The van der Waals surface area contributed by atoms with Gasteiger partial charge < -0.3 is 4.74 Å². The molecule has 0 heterocycles. The summed E-state index contributed by atoms with van der Waals surface area (Å²) in [5.41, 5.74) is 1.04. The minimum absolute atomic E-state index is 0.184. The van der Waals surface area contributed by atoms with Crippen LogP contribution in [0.1, 0.15) is 12.5 Å². The van der Waals surface area contributed by atoms with Gasteiger partial charge in [0.05, 0.1) is 11.9 Å². The Balaban J connectivity index is 2.92. The Morgan fingerprint density at radius 1 is 1.50 bits per heavy atom. The van der Waals surface area contributed by atoms with Crippen molar-refractivity contribution >= 4 is 33.5 Å². The van der Waals surface area contributed by atoms with Crippen molar-refractivity contribution in [2.75, 3.05) is 18.2 Å². The Labute approximate surface area is 109 Å². The molecule has 1 rings (SSSR count). The Kier molecular flexibility index (Phi) is 5.91. The van der Waals surface area contributed by atoms with Gasteiger partial charge in [0.2, 0.25) is 0 Å². The number of ether oxygens (including phenoxy) is 1. The van der Waals surface area contributed by atoms with Crippen molar-refractivity contribution < 1.29 is 9.53 Å². The quantitative estimate of drug-likeness (QED) is 0.596. The predicted octanol–water partition coefficient (Wildman–Crippen LogP) is 3.31. The van der Waals surface area contributed by atoms with Gasteiger partial charge in [-0.2, -0.15) is 0 Å². The molecule has 1 aromatic carbocycles. The number of alkyl halides is 1. The number of hydrogen-bond donors (Lipinski definition) is 0. The molecule has 2 nitrogen and oxygen atoms in total. The van der Waals surface area contributed by atoms with E-state index in [0.29, 0.717) is 18.4 Å². The van der Waals surface area contributed by atoms with Gasteiger partial charge in [-0.25, -0.2) is 0 Å². The van der Waals surface area contributed by atoms with Crippen molar-refractivity contribution in [2.24, 2.45) is 0 Å². The monoisotopic (exact) mass is 302 g/mol. The highest BCUT2D eigenvalue weighted by Crippen LogP contribution is 2.25. The molecule has 0 atom stereocenters. The fraction of sp³-hybridized carbons (Fsp3) is 0.417. The largest absolute Gasteiger partial charge is 0.494 e. The van der Waals surface area contributed by atoms with Crippen molar-refractivity contribution in [3.8, 4) is 5.75 Å². The summed E-state index contributed by atoms with van der Waals surface area (Å²) in [7, 11) is 0. The lowest BCUT2D eigenvalue weighted by molar-refractivity contribution is -0.115. The summed E-state index contributed by atoms with van der Waals surface area (Å²) in [6, 6.07) is 5.90. The van der Waals surface area contributed by atoms with E-state index in [1.54, 1.807) is 11.8 Å². The molecule has 0 aromatic heterocycles. The molecule has 88 valence electrons. The summed E-state index contributed by atoms with van der Waals surface area (Å²) in [4.78, 5) is 12.6. The van der Waals surface area contributed by atoms with Crippen molar-refractivity contribution in [3.05, 3.63) is 23.8 Å². The van der Waals surface area contributed by atoms with Crippen LogP contribution < -0.4 is 4.74 Å². The fourth-order valence-electron chi connectivity index (χ4n) is 1.41. The molecule has 0 aliphatic carbocycles. The standard InChI is InChI=1S/C12H15BrO2S/c1-3-15-11-4-5-12(16-2)9(7-11)6-10(14)8-13/h4-5,7H,3,6,8H2,1-2H3. The van der Waals surface area contributed by atoms with Crippen LogP contribution in [-0.4, -0.2) is 24.0 Å². The topological polar surface area (TPSA) is 26.3 Å². The number of benzene rings is 1. The van der Waals surface area contributed by atoms with Gasteiger partial charge in [-0.1, -0.05) is 15.9 Å². The van der Waals surface area contributed by atoms with Crippen LogP contribution in [0, 0.1) is 0 Å². The van der Waals surface area contributed by atoms with Gasteiger partial charge in [0.15, 0.2) is 0 Å². The van der Waals surface area contributed by atoms with Crippen LogP contribution >= 0.6 is 27.7 Å². The molecule has 4 heteroatoms. The second-order valence-electron chi connectivity index (χ2n) is 3.26. The molecule has 0 bridgehead atoms. The van der Waals surface area contributed by atoms with E-state index >= 15 is 0 Å². The summed E-state index contributed by atoms with van der Waals surface area (Å²) >= 11 is 4.83. The lowest BCUT2D eigenvalue weighted by Gasteiger charge is -2.09. The second-order valence-corrected chi connectivity index (χ2v) is 4.66. The Morgan fingerprint density at radius 3 is 2.81 bits per heavy atom. The normalized spacial score (nSPS) is 10.2. The minimum Gasteiger partial charge on any atom is -0.494 e. The molecule has 0 radical (unpaired) electrons. The molecular formula is C12H15BrO2S. The van der Waals surface area contributed by atoms with Gasteiger partial charge in [-0.3, -0.25) is 4.79 Å². The van der Waals surface area contributed by atoms with Crippen molar-refractivity contribution in [1.29, 1.82) is 0 Å². The number of hydrogen-bond acceptors (Lipinski definition) is 3. The fourth-order valence-corrected chi connectivity index (χ4v) is 2.20. The molecule has 16 heavy (non-hydrogen) atoms. The van der Waals surface area contributed by atoms with Crippen LogP contribution in [0.15, 0.2) is 23.1 Å². The van der Waals surface area contributed by atoms with Crippen LogP contribution in [0.4, 0.5) is 0 Å². The highest BCUT2D eigenvalue weighted by Gasteiger charge is 2.08. The van der Waals surface area contributed by atoms with Crippen LogP contribution in [0.25, 0.3) is 0 Å². The van der Waals surface area contributed by atoms with Crippen LogP contribution in [-0.2, 0) is 11.2 Å². The average Bonchev–Trinajstić information content (AvgIpc) is 2.30. The van der Waals surface area contributed by atoms with Gasteiger partial charge in [-0.15, -0.1) is 11.8 Å². The lowest BCUT2D eigenvalue weighted by Crippen LogP contribution is -2.05. The number of rotatable bonds is 6. The van der Waals surface area contributed by atoms with E-state index in [2.05, 4.69) is 15.9 Å². The number of carbonyl (C=O) groups excluding carboxylic acids is 1. The molecule has 0 fully saturated rings.